The highest BCUT2D eigenvalue weighted by Gasteiger charge is 2.16. The van der Waals surface area contributed by atoms with Gasteiger partial charge in [-0.1, -0.05) is 26.8 Å². The number of anilines is 1. The van der Waals surface area contributed by atoms with Crippen molar-refractivity contribution >= 4 is 21.6 Å². The van der Waals surface area contributed by atoms with Gasteiger partial charge in [0.15, 0.2) is 5.57 Å². The molecular weight excluding hydrogens is 316 g/mol. The molecule has 0 aliphatic carbocycles. The Bertz CT molecular complexity index is 660. The molecule has 0 bridgehead atoms. The Morgan fingerprint density at radius 2 is 1.70 bits per heavy atom. The van der Waals surface area contributed by atoms with Crippen LogP contribution in [0.1, 0.15) is 26.3 Å². The molecule has 0 saturated heterocycles. The van der Waals surface area contributed by atoms with Gasteiger partial charge in [0.2, 0.25) is 0 Å². The van der Waals surface area contributed by atoms with Crippen molar-refractivity contribution in [3.63, 3.8) is 0 Å². The maximum absolute atomic E-state index is 9.05. The number of nitrogens with one attached hydrogen (secondary N) is 1. The number of halogens is 1. The van der Waals surface area contributed by atoms with Crippen molar-refractivity contribution < 1.29 is 0 Å². The van der Waals surface area contributed by atoms with Gasteiger partial charge >= 0.3 is 0 Å². The van der Waals surface area contributed by atoms with Gasteiger partial charge in [-0.3, -0.25) is 0 Å². The van der Waals surface area contributed by atoms with Gasteiger partial charge in [0.1, 0.15) is 23.9 Å². The van der Waals surface area contributed by atoms with Gasteiger partial charge in [0.25, 0.3) is 0 Å². The number of rotatable bonds is 2. The first kappa shape index (κ1) is 15.8. The molecule has 0 radical (unpaired) electrons. The minimum atomic E-state index is -0.236. The van der Waals surface area contributed by atoms with E-state index in [2.05, 4.69) is 42.0 Å². The number of allylic oxidation sites excluding steroid dienone is 2. The zero-order valence-corrected chi connectivity index (χ0v) is 13.0. The summed E-state index contributed by atoms with van der Waals surface area (Å²) >= 11 is 3.39. The first-order chi connectivity index (χ1) is 9.33. The number of benzene rings is 1. The molecule has 0 spiro atoms. The Labute approximate surface area is 127 Å². The van der Waals surface area contributed by atoms with Crippen LogP contribution in [0.15, 0.2) is 33.9 Å². The largest absolute Gasteiger partial charge is 0.344 e. The summed E-state index contributed by atoms with van der Waals surface area (Å²) in [5, 5.41) is 29.5. The molecule has 0 aliphatic heterocycles. The highest BCUT2D eigenvalue weighted by Crippen LogP contribution is 2.31. The van der Waals surface area contributed by atoms with Crippen LogP contribution in [-0.4, -0.2) is 0 Å². The van der Waals surface area contributed by atoms with E-state index in [1.54, 1.807) is 12.1 Å². The Balaban J connectivity index is 3.30. The summed E-state index contributed by atoms with van der Waals surface area (Å²) in [5.74, 6) is 0. The standard InChI is InChI=1S/C15H13BrN4/c1-15(2,3)11-4-5-12(16)13(6-11)20-14(9-19)10(7-17)8-18/h4-6,20H,1-3H3. The first-order valence-electron chi connectivity index (χ1n) is 5.85. The van der Waals surface area contributed by atoms with Gasteiger partial charge in [0.05, 0.1) is 5.69 Å². The topological polar surface area (TPSA) is 83.4 Å². The third-order valence-corrected chi connectivity index (χ3v) is 3.37. The molecule has 1 N–H and O–H groups in total. The van der Waals surface area contributed by atoms with Gasteiger partial charge in [-0.2, -0.15) is 15.8 Å². The third-order valence-electron chi connectivity index (χ3n) is 2.68. The normalized spacial score (nSPS) is 9.85. The van der Waals surface area contributed by atoms with Crippen molar-refractivity contribution in [2.24, 2.45) is 0 Å². The lowest BCUT2D eigenvalue weighted by molar-refractivity contribution is 0.590. The summed E-state index contributed by atoms with van der Waals surface area (Å²) in [4.78, 5) is 0. The SMILES string of the molecule is CC(C)(C)c1ccc(Br)c(NC(C#N)=C(C#N)C#N)c1. The van der Waals surface area contributed by atoms with Crippen LogP contribution in [0.4, 0.5) is 5.69 Å². The molecule has 5 heteroatoms. The Morgan fingerprint density at radius 3 is 2.15 bits per heavy atom. The summed E-state index contributed by atoms with van der Waals surface area (Å²) in [7, 11) is 0. The molecular formula is C15H13BrN4. The van der Waals surface area contributed by atoms with E-state index in [1.807, 2.05) is 24.3 Å². The third kappa shape index (κ3) is 3.60. The lowest BCUT2D eigenvalue weighted by Crippen LogP contribution is -2.12. The van der Waals surface area contributed by atoms with E-state index in [4.69, 9.17) is 15.8 Å². The maximum atomic E-state index is 9.05. The monoisotopic (exact) mass is 328 g/mol. The Kier molecular flexibility index (Phi) is 4.92. The fourth-order valence-corrected chi connectivity index (χ4v) is 1.85. The van der Waals surface area contributed by atoms with E-state index in [-0.39, 0.29) is 16.7 Å². The predicted octanol–water partition coefficient (Wildman–Crippen LogP) is 3.98. The number of hydrogen-bond donors (Lipinski definition) is 1. The summed E-state index contributed by atoms with van der Waals surface area (Å²) < 4.78 is 0.758. The number of nitriles is 3. The van der Waals surface area contributed by atoms with Crippen molar-refractivity contribution in [1.29, 1.82) is 15.8 Å². The fourth-order valence-electron chi connectivity index (χ4n) is 1.51. The van der Waals surface area contributed by atoms with Crippen molar-refractivity contribution in [3.05, 3.63) is 39.5 Å². The van der Waals surface area contributed by atoms with E-state index in [0.29, 0.717) is 5.69 Å². The summed E-state index contributed by atoms with van der Waals surface area (Å²) in [6.07, 6.45) is 0. The van der Waals surface area contributed by atoms with Crippen LogP contribution in [0.2, 0.25) is 0 Å². The second kappa shape index (κ2) is 6.24. The van der Waals surface area contributed by atoms with Crippen LogP contribution in [0, 0.1) is 34.0 Å². The molecule has 1 aromatic rings. The lowest BCUT2D eigenvalue weighted by atomic mass is 9.87. The van der Waals surface area contributed by atoms with E-state index in [1.165, 1.54) is 0 Å². The van der Waals surface area contributed by atoms with Gasteiger partial charge in [-0.15, -0.1) is 0 Å². The fraction of sp³-hybridized carbons (Fsp3) is 0.267. The predicted molar refractivity (Wildman–Crippen MR) is 80.3 cm³/mol. The number of nitrogens with zero attached hydrogens (tertiary/aromatic N) is 3. The van der Waals surface area contributed by atoms with Gasteiger partial charge in [-0.05, 0) is 39.0 Å². The minimum Gasteiger partial charge on any atom is -0.344 e. The van der Waals surface area contributed by atoms with E-state index < -0.39 is 0 Å². The van der Waals surface area contributed by atoms with Crippen LogP contribution in [0.25, 0.3) is 0 Å². The summed E-state index contributed by atoms with van der Waals surface area (Å²) in [6, 6.07) is 11.0. The van der Waals surface area contributed by atoms with E-state index in [0.717, 1.165) is 10.0 Å². The molecule has 1 rings (SSSR count). The van der Waals surface area contributed by atoms with E-state index >= 15 is 0 Å². The molecule has 0 amide bonds. The second-order valence-electron chi connectivity index (χ2n) is 5.16. The molecule has 20 heavy (non-hydrogen) atoms. The van der Waals surface area contributed by atoms with Crippen molar-refractivity contribution in [2.45, 2.75) is 26.2 Å². The zero-order chi connectivity index (χ0) is 15.3. The quantitative estimate of drug-likeness (QED) is 0.832. The lowest BCUT2D eigenvalue weighted by Gasteiger charge is -2.20. The molecule has 0 aliphatic rings. The average Bonchev–Trinajstić information content (AvgIpc) is 2.39. The minimum absolute atomic E-state index is 0.0407. The molecule has 0 fully saturated rings. The Morgan fingerprint density at radius 1 is 1.10 bits per heavy atom. The molecule has 100 valence electrons. The van der Waals surface area contributed by atoms with Crippen LogP contribution in [-0.2, 0) is 5.41 Å². The molecule has 0 atom stereocenters. The van der Waals surface area contributed by atoms with Gasteiger partial charge in [0, 0.05) is 4.47 Å². The average molecular weight is 329 g/mol. The van der Waals surface area contributed by atoms with Crippen LogP contribution in [0.3, 0.4) is 0 Å². The van der Waals surface area contributed by atoms with Gasteiger partial charge in [-0.25, -0.2) is 0 Å². The van der Waals surface area contributed by atoms with Crippen molar-refractivity contribution in [2.75, 3.05) is 5.32 Å². The summed E-state index contributed by atoms with van der Waals surface area (Å²) in [5.41, 5.74) is 1.40. The molecule has 0 aromatic heterocycles. The molecule has 4 nitrogen and oxygen atoms in total. The first-order valence-corrected chi connectivity index (χ1v) is 6.64. The van der Waals surface area contributed by atoms with E-state index in [9.17, 15) is 0 Å². The smallest absolute Gasteiger partial charge is 0.163 e. The van der Waals surface area contributed by atoms with Gasteiger partial charge < -0.3 is 5.32 Å². The zero-order valence-electron chi connectivity index (χ0n) is 11.5. The number of hydrogen-bond acceptors (Lipinski definition) is 4. The second-order valence-corrected chi connectivity index (χ2v) is 6.01. The van der Waals surface area contributed by atoms with Crippen LogP contribution in [0.5, 0.6) is 0 Å². The highest BCUT2D eigenvalue weighted by molar-refractivity contribution is 9.10. The van der Waals surface area contributed by atoms with Crippen molar-refractivity contribution in [1.82, 2.24) is 0 Å². The summed E-state index contributed by atoms with van der Waals surface area (Å²) in [6.45, 7) is 6.24. The van der Waals surface area contributed by atoms with Crippen LogP contribution >= 0.6 is 15.9 Å². The highest BCUT2D eigenvalue weighted by atomic mass is 79.9. The molecule has 0 saturated carbocycles. The van der Waals surface area contributed by atoms with Crippen LogP contribution < -0.4 is 5.32 Å². The molecule has 0 heterocycles. The maximum Gasteiger partial charge on any atom is 0.163 e. The Hall–Kier alpha value is -2.29. The molecule has 0 unspecified atom stereocenters. The van der Waals surface area contributed by atoms with Crippen molar-refractivity contribution in [3.8, 4) is 18.2 Å². The molecule has 1 aromatic carbocycles.